The second-order valence-electron chi connectivity index (χ2n) is 4.55. The number of aromatic amines is 1. The highest BCUT2D eigenvalue weighted by atomic mass is 35.5. The predicted molar refractivity (Wildman–Crippen MR) is 73.0 cm³/mol. The summed E-state index contributed by atoms with van der Waals surface area (Å²) in [6, 6.07) is 6.98. The molecule has 7 heteroatoms. The SMILES string of the molecule is CC(C)(NC(=O)Nc1ncn[nH]1)c1cccc(Cl)c1. The molecule has 0 saturated heterocycles. The maximum absolute atomic E-state index is 11.8. The predicted octanol–water partition coefficient (Wildman–Crippen LogP) is 2.51. The van der Waals surface area contributed by atoms with Crippen LogP contribution in [0.2, 0.25) is 5.02 Å². The molecule has 0 spiro atoms. The summed E-state index contributed by atoms with van der Waals surface area (Å²) in [4.78, 5) is 15.7. The molecule has 100 valence electrons. The molecule has 0 fully saturated rings. The van der Waals surface area contributed by atoms with E-state index in [0.29, 0.717) is 11.0 Å². The van der Waals surface area contributed by atoms with Crippen molar-refractivity contribution in [3.63, 3.8) is 0 Å². The van der Waals surface area contributed by atoms with E-state index >= 15 is 0 Å². The van der Waals surface area contributed by atoms with Crippen molar-refractivity contribution in [2.24, 2.45) is 0 Å². The highest BCUT2D eigenvalue weighted by molar-refractivity contribution is 6.30. The maximum Gasteiger partial charge on any atom is 0.322 e. The van der Waals surface area contributed by atoms with E-state index in [4.69, 9.17) is 11.6 Å². The number of rotatable bonds is 3. The fraction of sp³-hybridized carbons (Fsp3) is 0.250. The summed E-state index contributed by atoms with van der Waals surface area (Å²) in [6.45, 7) is 3.78. The fourth-order valence-electron chi connectivity index (χ4n) is 1.64. The highest BCUT2D eigenvalue weighted by Gasteiger charge is 2.23. The van der Waals surface area contributed by atoms with Crippen LogP contribution in [-0.4, -0.2) is 21.2 Å². The molecule has 1 heterocycles. The number of aromatic nitrogens is 3. The Morgan fingerprint density at radius 3 is 2.84 bits per heavy atom. The summed E-state index contributed by atoms with van der Waals surface area (Å²) in [7, 11) is 0. The molecular formula is C12H14ClN5O. The van der Waals surface area contributed by atoms with Crippen molar-refractivity contribution in [2.75, 3.05) is 5.32 Å². The van der Waals surface area contributed by atoms with Crippen molar-refractivity contribution in [2.45, 2.75) is 19.4 Å². The minimum Gasteiger partial charge on any atom is -0.329 e. The van der Waals surface area contributed by atoms with Gasteiger partial charge in [-0.2, -0.15) is 10.1 Å². The Bertz CT molecular complexity index is 567. The summed E-state index contributed by atoms with van der Waals surface area (Å²) < 4.78 is 0. The Morgan fingerprint density at radius 1 is 1.42 bits per heavy atom. The van der Waals surface area contributed by atoms with Gasteiger partial charge in [0.1, 0.15) is 6.33 Å². The highest BCUT2D eigenvalue weighted by Crippen LogP contribution is 2.22. The molecule has 3 N–H and O–H groups in total. The molecule has 0 saturated carbocycles. The third kappa shape index (κ3) is 3.45. The van der Waals surface area contributed by atoms with Gasteiger partial charge in [0.15, 0.2) is 0 Å². The molecule has 2 aromatic rings. The summed E-state index contributed by atoms with van der Waals surface area (Å²) in [6.07, 6.45) is 1.32. The number of hydrogen-bond acceptors (Lipinski definition) is 3. The lowest BCUT2D eigenvalue weighted by Crippen LogP contribution is -2.43. The first-order valence-corrected chi connectivity index (χ1v) is 6.06. The third-order valence-electron chi connectivity index (χ3n) is 2.62. The molecule has 2 amide bonds. The van der Waals surface area contributed by atoms with Gasteiger partial charge in [-0.05, 0) is 31.5 Å². The molecule has 1 aromatic heterocycles. The van der Waals surface area contributed by atoms with Gasteiger partial charge in [-0.3, -0.25) is 5.32 Å². The van der Waals surface area contributed by atoms with Crippen LogP contribution in [0, 0.1) is 0 Å². The normalized spacial score (nSPS) is 11.1. The lowest BCUT2D eigenvalue weighted by Gasteiger charge is -2.26. The van der Waals surface area contributed by atoms with Gasteiger partial charge in [0.25, 0.3) is 0 Å². The Balaban J connectivity index is 2.06. The molecule has 2 rings (SSSR count). The standard InChI is InChI=1S/C12H14ClN5O/c1-12(2,8-4-3-5-9(13)6-8)17-11(19)16-10-14-7-15-18-10/h3-7H,1-2H3,(H3,14,15,16,17,18,19). The van der Waals surface area contributed by atoms with Crippen molar-refractivity contribution < 1.29 is 4.79 Å². The van der Waals surface area contributed by atoms with Gasteiger partial charge in [-0.25, -0.2) is 9.89 Å². The third-order valence-corrected chi connectivity index (χ3v) is 2.85. The van der Waals surface area contributed by atoms with Gasteiger partial charge >= 0.3 is 6.03 Å². The van der Waals surface area contributed by atoms with E-state index in [-0.39, 0.29) is 6.03 Å². The van der Waals surface area contributed by atoms with Crippen LogP contribution in [0.4, 0.5) is 10.7 Å². The van der Waals surface area contributed by atoms with Crippen LogP contribution in [0.1, 0.15) is 19.4 Å². The topological polar surface area (TPSA) is 82.7 Å². The van der Waals surface area contributed by atoms with Gasteiger partial charge in [-0.15, -0.1) is 0 Å². The number of halogens is 1. The molecule has 0 bridgehead atoms. The van der Waals surface area contributed by atoms with Gasteiger partial charge in [0.2, 0.25) is 5.95 Å². The van der Waals surface area contributed by atoms with E-state index < -0.39 is 5.54 Å². The molecule has 0 radical (unpaired) electrons. The Kier molecular flexibility index (Phi) is 3.71. The van der Waals surface area contributed by atoms with Gasteiger partial charge in [0.05, 0.1) is 5.54 Å². The van der Waals surface area contributed by atoms with E-state index in [1.54, 1.807) is 6.07 Å². The lowest BCUT2D eigenvalue weighted by atomic mass is 9.94. The van der Waals surface area contributed by atoms with E-state index in [1.165, 1.54) is 6.33 Å². The fourth-order valence-corrected chi connectivity index (χ4v) is 1.83. The van der Waals surface area contributed by atoms with Crippen LogP contribution in [0.3, 0.4) is 0 Å². The number of H-pyrrole nitrogens is 1. The number of anilines is 1. The lowest BCUT2D eigenvalue weighted by molar-refractivity contribution is 0.241. The number of urea groups is 1. The van der Waals surface area contributed by atoms with Crippen LogP contribution in [0.5, 0.6) is 0 Å². The van der Waals surface area contributed by atoms with Gasteiger partial charge in [0, 0.05) is 5.02 Å². The minimum atomic E-state index is -0.561. The average Bonchev–Trinajstić information content (AvgIpc) is 2.81. The molecule has 0 atom stereocenters. The summed E-state index contributed by atoms with van der Waals surface area (Å²) in [5.41, 5.74) is 0.349. The summed E-state index contributed by atoms with van der Waals surface area (Å²) in [5.74, 6) is 0.291. The van der Waals surface area contributed by atoms with Crippen LogP contribution >= 0.6 is 11.6 Å². The van der Waals surface area contributed by atoms with Gasteiger partial charge < -0.3 is 5.32 Å². The number of carbonyl (C=O) groups excluding carboxylic acids is 1. The average molecular weight is 280 g/mol. The molecule has 1 aromatic carbocycles. The zero-order valence-corrected chi connectivity index (χ0v) is 11.3. The first-order chi connectivity index (χ1) is 8.97. The van der Waals surface area contributed by atoms with E-state index in [1.807, 2.05) is 32.0 Å². The van der Waals surface area contributed by atoms with Crippen LogP contribution in [0.25, 0.3) is 0 Å². The molecule has 0 aliphatic heterocycles. The van der Waals surface area contributed by atoms with Crippen molar-refractivity contribution in [3.8, 4) is 0 Å². The van der Waals surface area contributed by atoms with Crippen LogP contribution < -0.4 is 10.6 Å². The Hall–Kier alpha value is -2.08. The van der Waals surface area contributed by atoms with Crippen molar-refractivity contribution >= 4 is 23.6 Å². The summed E-state index contributed by atoms with van der Waals surface area (Å²) in [5, 5.41) is 12.2. The number of benzene rings is 1. The number of amides is 2. The number of nitrogens with zero attached hydrogens (tertiary/aromatic N) is 2. The quantitative estimate of drug-likeness (QED) is 0.807. The first-order valence-electron chi connectivity index (χ1n) is 5.68. The number of carbonyl (C=O) groups is 1. The van der Waals surface area contributed by atoms with Crippen molar-refractivity contribution in [1.82, 2.24) is 20.5 Å². The van der Waals surface area contributed by atoms with Crippen molar-refractivity contribution in [1.29, 1.82) is 0 Å². The zero-order valence-electron chi connectivity index (χ0n) is 10.6. The molecule has 19 heavy (non-hydrogen) atoms. The van der Waals surface area contributed by atoms with Crippen LogP contribution in [-0.2, 0) is 5.54 Å². The van der Waals surface area contributed by atoms with Crippen molar-refractivity contribution in [3.05, 3.63) is 41.2 Å². The van der Waals surface area contributed by atoms with Crippen LogP contribution in [0.15, 0.2) is 30.6 Å². The second-order valence-corrected chi connectivity index (χ2v) is 4.98. The van der Waals surface area contributed by atoms with E-state index in [2.05, 4.69) is 25.8 Å². The molecule has 0 aliphatic rings. The molecule has 0 unspecified atom stereocenters. The molecule has 6 nitrogen and oxygen atoms in total. The molecular weight excluding hydrogens is 266 g/mol. The number of nitrogens with one attached hydrogen (secondary N) is 3. The molecule has 0 aliphatic carbocycles. The number of hydrogen-bond donors (Lipinski definition) is 3. The zero-order chi connectivity index (χ0) is 13.9. The minimum absolute atomic E-state index is 0.291. The van der Waals surface area contributed by atoms with E-state index in [0.717, 1.165) is 5.56 Å². The Morgan fingerprint density at radius 2 is 2.21 bits per heavy atom. The summed E-state index contributed by atoms with van der Waals surface area (Å²) >= 11 is 5.95. The second kappa shape index (κ2) is 5.27. The maximum atomic E-state index is 11.8. The van der Waals surface area contributed by atoms with Gasteiger partial charge in [-0.1, -0.05) is 23.7 Å². The smallest absolute Gasteiger partial charge is 0.322 e. The largest absolute Gasteiger partial charge is 0.329 e. The Labute approximate surface area is 115 Å². The van der Waals surface area contributed by atoms with E-state index in [9.17, 15) is 4.79 Å². The monoisotopic (exact) mass is 279 g/mol. The first kappa shape index (κ1) is 13.4.